The SMILES string of the molecule is CC(=O)[C@H]1CC[C@H]2C3CC=C4C[C@@H](OS(=O)(=O)c5ccc(C)cc5)CC[C@]4(C)[C@H]3[C@@H](O)C[C@]12C. The Morgan fingerprint density at radius 2 is 1.82 bits per heavy atom. The molecule has 0 heterocycles. The third-order valence-electron chi connectivity index (χ3n) is 10.1. The van der Waals surface area contributed by atoms with Crippen LogP contribution in [0.5, 0.6) is 0 Å². The van der Waals surface area contributed by atoms with E-state index in [-0.39, 0.29) is 39.4 Å². The average Bonchev–Trinajstić information content (AvgIpc) is 3.10. The van der Waals surface area contributed by atoms with Crippen LogP contribution in [0.4, 0.5) is 0 Å². The quantitative estimate of drug-likeness (QED) is 0.467. The Kier molecular flexibility index (Phi) is 5.89. The normalized spacial score (nSPS) is 41.7. The van der Waals surface area contributed by atoms with Crippen LogP contribution in [0, 0.1) is 41.4 Å². The van der Waals surface area contributed by atoms with Gasteiger partial charge in [-0.2, -0.15) is 8.42 Å². The van der Waals surface area contributed by atoms with Crippen molar-refractivity contribution in [3.05, 3.63) is 41.5 Å². The minimum absolute atomic E-state index is 0.0578. The van der Waals surface area contributed by atoms with Crippen molar-refractivity contribution in [1.82, 2.24) is 0 Å². The molecule has 4 aliphatic carbocycles. The minimum atomic E-state index is -3.81. The monoisotopic (exact) mass is 486 g/mol. The molecule has 186 valence electrons. The summed E-state index contributed by atoms with van der Waals surface area (Å²) in [5.74, 6) is 1.32. The molecule has 5 rings (SSSR count). The molecule has 3 saturated carbocycles. The predicted octanol–water partition coefficient (Wildman–Crippen LogP) is 5.21. The second-order valence-electron chi connectivity index (χ2n) is 11.9. The summed E-state index contributed by atoms with van der Waals surface area (Å²) in [7, 11) is -3.81. The molecule has 8 atom stereocenters. The molecule has 0 radical (unpaired) electrons. The van der Waals surface area contributed by atoms with Crippen molar-refractivity contribution in [1.29, 1.82) is 0 Å². The lowest BCUT2D eigenvalue weighted by molar-refractivity contribution is -0.140. The lowest BCUT2D eigenvalue weighted by atomic mass is 9.46. The standard InChI is InChI=1S/C28H38O5S/c1-17-5-8-21(9-6-17)34(31,32)33-20-13-14-27(3)19(15-20)7-10-22-24-12-11-23(18(2)29)28(24,4)16-25(30)26(22)27/h5-9,20,22-26,30H,10-16H2,1-4H3/t20-,22?,23+,24-,25-,26+,27-,28+/m0/s1. The van der Waals surface area contributed by atoms with Gasteiger partial charge in [0.1, 0.15) is 5.78 Å². The Labute approximate surface area is 204 Å². The Morgan fingerprint density at radius 1 is 1.12 bits per heavy atom. The van der Waals surface area contributed by atoms with Crippen molar-refractivity contribution in [2.75, 3.05) is 0 Å². The van der Waals surface area contributed by atoms with Gasteiger partial charge in [0, 0.05) is 5.92 Å². The van der Waals surface area contributed by atoms with E-state index in [0.29, 0.717) is 31.1 Å². The van der Waals surface area contributed by atoms with Crippen molar-refractivity contribution < 1.29 is 22.5 Å². The Morgan fingerprint density at radius 3 is 2.50 bits per heavy atom. The number of carbonyl (C=O) groups is 1. The van der Waals surface area contributed by atoms with E-state index in [1.54, 1.807) is 31.2 Å². The zero-order chi connectivity index (χ0) is 24.5. The number of aliphatic hydroxyl groups excluding tert-OH is 1. The Hall–Kier alpha value is -1.50. The first-order valence-electron chi connectivity index (χ1n) is 12.8. The molecule has 1 aromatic rings. The van der Waals surface area contributed by atoms with E-state index in [0.717, 1.165) is 31.2 Å². The van der Waals surface area contributed by atoms with Crippen molar-refractivity contribution in [3.63, 3.8) is 0 Å². The minimum Gasteiger partial charge on any atom is -0.393 e. The number of carbonyl (C=O) groups excluding carboxylic acids is 1. The molecule has 0 amide bonds. The van der Waals surface area contributed by atoms with Gasteiger partial charge < -0.3 is 5.11 Å². The Balaban J connectivity index is 1.37. The number of ketones is 1. The van der Waals surface area contributed by atoms with Gasteiger partial charge in [0.05, 0.1) is 17.1 Å². The summed E-state index contributed by atoms with van der Waals surface area (Å²) < 4.78 is 31.5. The molecule has 0 bridgehead atoms. The summed E-state index contributed by atoms with van der Waals surface area (Å²) in [6.07, 6.45) is 7.15. The molecule has 1 N–H and O–H groups in total. The van der Waals surface area contributed by atoms with Crippen LogP contribution in [-0.4, -0.2) is 31.5 Å². The fraction of sp³-hybridized carbons (Fsp3) is 0.679. The van der Waals surface area contributed by atoms with Gasteiger partial charge in [-0.1, -0.05) is 43.2 Å². The molecule has 0 spiro atoms. The molecule has 3 fully saturated rings. The van der Waals surface area contributed by atoms with Crippen LogP contribution in [0.25, 0.3) is 0 Å². The van der Waals surface area contributed by atoms with Gasteiger partial charge in [-0.05, 0) is 99.5 Å². The maximum atomic E-state index is 12.9. The summed E-state index contributed by atoms with van der Waals surface area (Å²) in [5, 5.41) is 11.5. The fourth-order valence-electron chi connectivity index (χ4n) is 8.45. The highest BCUT2D eigenvalue weighted by Crippen LogP contribution is 2.66. The highest BCUT2D eigenvalue weighted by atomic mass is 32.2. The van der Waals surface area contributed by atoms with Crippen LogP contribution < -0.4 is 0 Å². The van der Waals surface area contributed by atoms with E-state index in [4.69, 9.17) is 4.18 Å². The molecule has 0 aromatic heterocycles. The van der Waals surface area contributed by atoms with Crippen LogP contribution in [0.3, 0.4) is 0 Å². The predicted molar refractivity (Wildman–Crippen MR) is 131 cm³/mol. The van der Waals surface area contributed by atoms with Crippen LogP contribution in [0.1, 0.15) is 71.3 Å². The maximum absolute atomic E-state index is 12.9. The lowest BCUT2D eigenvalue weighted by Crippen LogP contribution is -2.56. The highest BCUT2D eigenvalue weighted by molar-refractivity contribution is 7.86. The lowest BCUT2D eigenvalue weighted by Gasteiger charge is -2.59. The van der Waals surface area contributed by atoms with E-state index in [1.165, 1.54) is 5.57 Å². The van der Waals surface area contributed by atoms with Crippen molar-refractivity contribution >= 4 is 15.9 Å². The molecule has 1 unspecified atom stereocenters. The summed E-state index contributed by atoms with van der Waals surface area (Å²) in [6, 6.07) is 6.78. The summed E-state index contributed by atoms with van der Waals surface area (Å²) in [6.45, 7) is 8.14. The van der Waals surface area contributed by atoms with Crippen molar-refractivity contribution in [3.8, 4) is 0 Å². The zero-order valence-electron chi connectivity index (χ0n) is 20.8. The Bertz CT molecular complexity index is 1110. The van der Waals surface area contributed by atoms with Gasteiger partial charge >= 0.3 is 0 Å². The summed E-state index contributed by atoms with van der Waals surface area (Å²) >= 11 is 0. The van der Waals surface area contributed by atoms with Gasteiger partial charge in [-0.25, -0.2) is 0 Å². The number of hydrogen-bond donors (Lipinski definition) is 1. The zero-order valence-corrected chi connectivity index (χ0v) is 21.6. The molecule has 0 aliphatic heterocycles. The molecule has 1 aromatic carbocycles. The third kappa shape index (κ3) is 3.72. The first-order chi connectivity index (χ1) is 16.0. The van der Waals surface area contributed by atoms with E-state index < -0.39 is 16.2 Å². The van der Waals surface area contributed by atoms with E-state index in [9.17, 15) is 18.3 Å². The molecule has 6 heteroatoms. The van der Waals surface area contributed by atoms with Crippen LogP contribution in [0.2, 0.25) is 0 Å². The van der Waals surface area contributed by atoms with Gasteiger partial charge in [-0.3, -0.25) is 8.98 Å². The van der Waals surface area contributed by atoms with E-state index in [1.807, 2.05) is 6.92 Å². The number of hydrogen-bond acceptors (Lipinski definition) is 5. The van der Waals surface area contributed by atoms with Gasteiger partial charge in [0.15, 0.2) is 0 Å². The number of benzene rings is 1. The third-order valence-corrected chi connectivity index (χ3v) is 11.4. The first kappa shape index (κ1) is 24.2. The fourth-order valence-corrected chi connectivity index (χ4v) is 9.55. The van der Waals surface area contributed by atoms with Crippen LogP contribution in [-0.2, 0) is 19.1 Å². The van der Waals surface area contributed by atoms with E-state index >= 15 is 0 Å². The van der Waals surface area contributed by atoms with Crippen molar-refractivity contribution in [2.45, 2.75) is 89.7 Å². The highest BCUT2D eigenvalue weighted by Gasteiger charge is 2.62. The second kappa shape index (κ2) is 8.28. The average molecular weight is 487 g/mol. The molecule has 0 saturated heterocycles. The molecular formula is C28H38O5S. The number of fused-ring (bicyclic) bond motifs is 5. The molecule has 4 aliphatic rings. The topological polar surface area (TPSA) is 80.7 Å². The number of aliphatic hydroxyl groups is 1. The molecule has 5 nitrogen and oxygen atoms in total. The van der Waals surface area contributed by atoms with Crippen LogP contribution in [0.15, 0.2) is 40.8 Å². The van der Waals surface area contributed by atoms with Crippen LogP contribution >= 0.6 is 0 Å². The smallest absolute Gasteiger partial charge is 0.297 e. The number of allylic oxidation sites excluding steroid dienone is 1. The first-order valence-corrected chi connectivity index (χ1v) is 14.2. The maximum Gasteiger partial charge on any atom is 0.297 e. The summed E-state index contributed by atoms with van der Waals surface area (Å²) in [4.78, 5) is 12.6. The molecule has 34 heavy (non-hydrogen) atoms. The largest absolute Gasteiger partial charge is 0.393 e. The van der Waals surface area contributed by atoms with Crippen molar-refractivity contribution in [2.24, 2.45) is 34.5 Å². The second-order valence-corrected chi connectivity index (χ2v) is 13.5. The van der Waals surface area contributed by atoms with E-state index in [2.05, 4.69) is 19.9 Å². The van der Waals surface area contributed by atoms with Gasteiger partial charge in [0.25, 0.3) is 10.1 Å². The van der Waals surface area contributed by atoms with Gasteiger partial charge in [-0.15, -0.1) is 0 Å². The van der Waals surface area contributed by atoms with Gasteiger partial charge in [0.2, 0.25) is 0 Å². The number of aryl methyl sites for hydroxylation is 1. The molecular weight excluding hydrogens is 448 g/mol. The number of Topliss-reactive ketones (excluding diaryl/α,β-unsaturated/α-hetero) is 1. The summed E-state index contributed by atoms with van der Waals surface area (Å²) in [5.41, 5.74) is 1.99. The number of rotatable bonds is 4.